The first-order valence-corrected chi connectivity index (χ1v) is 7.22. The van der Waals surface area contributed by atoms with Crippen LogP contribution in [-0.2, 0) is 4.79 Å². The lowest BCUT2D eigenvalue weighted by atomic mass is 10.3. The van der Waals surface area contributed by atoms with E-state index in [0.29, 0.717) is 25.4 Å². The van der Waals surface area contributed by atoms with Gasteiger partial charge in [0.15, 0.2) is 0 Å². The number of nitrogens with one attached hydrogen (secondary N) is 1. The van der Waals surface area contributed by atoms with E-state index in [2.05, 4.69) is 5.32 Å². The molecule has 1 saturated heterocycles. The van der Waals surface area contributed by atoms with Crippen LogP contribution in [0.1, 0.15) is 12.8 Å². The Kier molecular flexibility index (Phi) is 3.71. The summed E-state index contributed by atoms with van der Waals surface area (Å²) in [5, 5.41) is 2.61. The molecule has 1 aliphatic heterocycles. The Hall–Kier alpha value is -1.82. The summed E-state index contributed by atoms with van der Waals surface area (Å²) in [7, 11) is 0. The molecule has 1 aliphatic carbocycles. The van der Waals surface area contributed by atoms with Crippen molar-refractivity contribution in [2.75, 3.05) is 25.1 Å². The lowest BCUT2D eigenvalue weighted by Crippen LogP contribution is -2.36. The number of amides is 3. The normalized spacial score (nSPS) is 18.0. The number of anilines is 1. The summed E-state index contributed by atoms with van der Waals surface area (Å²) in [6.07, 6.45) is 1.91. The highest BCUT2D eigenvalue weighted by Gasteiger charge is 2.37. The van der Waals surface area contributed by atoms with Crippen LogP contribution in [0, 0.1) is 11.7 Å². The quantitative estimate of drug-likeness (QED) is 0.912. The molecule has 3 amide bonds. The van der Waals surface area contributed by atoms with E-state index in [1.54, 1.807) is 9.80 Å². The van der Waals surface area contributed by atoms with Crippen LogP contribution in [0.2, 0.25) is 5.02 Å². The molecule has 1 heterocycles. The summed E-state index contributed by atoms with van der Waals surface area (Å²) < 4.78 is 13.1. The smallest absolute Gasteiger partial charge is 0.323 e. The Morgan fingerprint density at radius 3 is 2.62 bits per heavy atom. The molecule has 5 nitrogen and oxygen atoms in total. The maximum atomic E-state index is 13.1. The molecule has 0 aromatic heterocycles. The van der Waals surface area contributed by atoms with Crippen LogP contribution in [0.5, 0.6) is 0 Å². The minimum atomic E-state index is -0.531. The molecule has 0 radical (unpaired) electrons. The summed E-state index contributed by atoms with van der Waals surface area (Å²) in [5.74, 6) is -0.240. The van der Waals surface area contributed by atoms with Gasteiger partial charge in [0.1, 0.15) is 5.82 Å². The van der Waals surface area contributed by atoms with Crippen LogP contribution in [0.25, 0.3) is 0 Å². The third-order valence-electron chi connectivity index (χ3n) is 3.68. The van der Waals surface area contributed by atoms with E-state index in [1.165, 1.54) is 18.2 Å². The van der Waals surface area contributed by atoms with Crippen molar-refractivity contribution >= 4 is 29.2 Å². The highest BCUT2D eigenvalue weighted by molar-refractivity contribution is 6.31. The van der Waals surface area contributed by atoms with Crippen molar-refractivity contribution in [2.45, 2.75) is 12.8 Å². The Bertz CT molecular complexity index is 592. The van der Waals surface area contributed by atoms with Crippen molar-refractivity contribution in [3.05, 3.63) is 29.0 Å². The second-order valence-corrected chi connectivity index (χ2v) is 5.75. The van der Waals surface area contributed by atoms with Gasteiger partial charge < -0.3 is 15.1 Å². The highest BCUT2D eigenvalue weighted by Crippen LogP contribution is 2.31. The van der Waals surface area contributed by atoms with Gasteiger partial charge in [0.05, 0.1) is 11.7 Å². The average Bonchev–Trinajstić information content (AvgIpc) is 3.19. The van der Waals surface area contributed by atoms with Gasteiger partial charge in [-0.25, -0.2) is 9.18 Å². The Morgan fingerprint density at radius 1 is 1.24 bits per heavy atom. The monoisotopic (exact) mass is 311 g/mol. The SMILES string of the molecule is O=C(Nc1ccc(F)c(Cl)c1)N1CCN(C(=O)C2CC2)C1. The molecule has 2 fully saturated rings. The molecule has 3 rings (SSSR count). The lowest BCUT2D eigenvalue weighted by molar-refractivity contribution is -0.131. The van der Waals surface area contributed by atoms with E-state index in [4.69, 9.17) is 11.6 Å². The topological polar surface area (TPSA) is 52.7 Å². The van der Waals surface area contributed by atoms with Crippen LogP contribution in [0.3, 0.4) is 0 Å². The van der Waals surface area contributed by atoms with Gasteiger partial charge in [0, 0.05) is 24.7 Å². The van der Waals surface area contributed by atoms with Crippen LogP contribution in [-0.4, -0.2) is 41.5 Å². The maximum Gasteiger partial charge on any atom is 0.323 e. The van der Waals surface area contributed by atoms with Crippen LogP contribution in [0.4, 0.5) is 14.9 Å². The molecule has 0 bridgehead atoms. The predicted octanol–water partition coefficient (Wildman–Crippen LogP) is 2.52. The second-order valence-electron chi connectivity index (χ2n) is 5.34. The summed E-state index contributed by atoms with van der Waals surface area (Å²) in [5.41, 5.74) is 0.429. The van der Waals surface area contributed by atoms with Crippen molar-refractivity contribution < 1.29 is 14.0 Å². The molecular weight excluding hydrogens is 297 g/mol. The first-order chi connectivity index (χ1) is 10.0. The summed E-state index contributed by atoms with van der Waals surface area (Å²) in [4.78, 5) is 27.3. The number of benzene rings is 1. The zero-order valence-corrected chi connectivity index (χ0v) is 12.1. The molecule has 1 N–H and O–H groups in total. The van der Waals surface area contributed by atoms with Crippen molar-refractivity contribution in [1.82, 2.24) is 9.80 Å². The number of halogens is 2. The standard InChI is InChI=1S/C14H15ClFN3O2/c15-11-7-10(3-4-12(11)16)17-14(21)19-6-5-18(8-19)13(20)9-1-2-9/h3-4,7,9H,1-2,5-6,8H2,(H,17,21). The minimum absolute atomic E-state index is 0.0419. The number of hydrogen-bond donors (Lipinski definition) is 1. The molecule has 21 heavy (non-hydrogen) atoms. The van der Waals surface area contributed by atoms with Gasteiger partial charge in [-0.15, -0.1) is 0 Å². The second kappa shape index (κ2) is 5.52. The van der Waals surface area contributed by atoms with E-state index in [0.717, 1.165) is 12.8 Å². The molecule has 0 spiro atoms. The van der Waals surface area contributed by atoms with Crippen LogP contribution < -0.4 is 5.32 Å². The van der Waals surface area contributed by atoms with Gasteiger partial charge in [0.2, 0.25) is 5.91 Å². The van der Waals surface area contributed by atoms with Gasteiger partial charge in [0.25, 0.3) is 0 Å². The van der Waals surface area contributed by atoms with Crippen LogP contribution in [0.15, 0.2) is 18.2 Å². The number of carbonyl (C=O) groups is 2. The molecule has 2 aliphatic rings. The van der Waals surface area contributed by atoms with E-state index < -0.39 is 5.82 Å². The number of nitrogens with zero attached hydrogens (tertiary/aromatic N) is 2. The number of rotatable bonds is 2. The largest absolute Gasteiger partial charge is 0.323 e. The third kappa shape index (κ3) is 3.10. The van der Waals surface area contributed by atoms with Crippen molar-refractivity contribution in [3.63, 3.8) is 0 Å². The molecule has 0 atom stereocenters. The van der Waals surface area contributed by atoms with Gasteiger partial charge in [-0.1, -0.05) is 11.6 Å². The summed E-state index contributed by atoms with van der Waals surface area (Å²) in [6, 6.07) is 3.69. The van der Waals surface area contributed by atoms with E-state index in [-0.39, 0.29) is 22.9 Å². The number of carbonyl (C=O) groups excluding carboxylic acids is 2. The maximum absolute atomic E-state index is 13.1. The molecule has 1 aromatic carbocycles. The van der Waals surface area contributed by atoms with Gasteiger partial charge >= 0.3 is 6.03 Å². The third-order valence-corrected chi connectivity index (χ3v) is 3.97. The molecule has 1 aromatic rings. The fourth-order valence-electron chi connectivity index (χ4n) is 2.30. The lowest BCUT2D eigenvalue weighted by Gasteiger charge is -2.19. The van der Waals surface area contributed by atoms with E-state index >= 15 is 0 Å². The number of hydrogen-bond acceptors (Lipinski definition) is 2. The van der Waals surface area contributed by atoms with Gasteiger partial charge in [-0.3, -0.25) is 4.79 Å². The fourth-order valence-corrected chi connectivity index (χ4v) is 2.48. The first-order valence-electron chi connectivity index (χ1n) is 6.84. The fraction of sp³-hybridized carbons (Fsp3) is 0.429. The molecule has 7 heteroatoms. The molecule has 1 saturated carbocycles. The van der Waals surface area contributed by atoms with Crippen LogP contribution >= 0.6 is 11.6 Å². The van der Waals surface area contributed by atoms with Gasteiger partial charge in [-0.05, 0) is 31.0 Å². The summed E-state index contributed by atoms with van der Waals surface area (Å²) in [6.45, 7) is 1.36. The summed E-state index contributed by atoms with van der Waals surface area (Å²) >= 11 is 5.67. The van der Waals surface area contributed by atoms with Crippen molar-refractivity contribution in [1.29, 1.82) is 0 Å². The zero-order chi connectivity index (χ0) is 15.0. The molecule has 112 valence electrons. The van der Waals surface area contributed by atoms with E-state index in [9.17, 15) is 14.0 Å². The Labute approximate surface area is 126 Å². The van der Waals surface area contributed by atoms with Gasteiger partial charge in [-0.2, -0.15) is 0 Å². The Balaban J connectivity index is 1.58. The molecular formula is C14H15ClFN3O2. The van der Waals surface area contributed by atoms with Crippen molar-refractivity contribution in [2.24, 2.45) is 5.92 Å². The zero-order valence-electron chi connectivity index (χ0n) is 11.3. The average molecular weight is 312 g/mol. The van der Waals surface area contributed by atoms with E-state index in [1.807, 2.05) is 0 Å². The Morgan fingerprint density at radius 2 is 1.95 bits per heavy atom. The van der Waals surface area contributed by atoms with Crippen molar-refractivity contribution in [3.8, 4) is 0 Å². The molecule has 0 unspecified atom stereocenters. The predicted molar refractivity (Wildman–Crippen MR) is 76.4 cm³/mol. The highest BCUT2D eigenvalue weighted by atomic mass is 35.5. The number of urea groups is 1. The minimum Gasteiger partial charge on any atom is -0.323 e. The first kappa shape index (κ1) is 14.1.